The van der Waals surface area contributed by atoms with Gasteiger partial charge in [0.05, 0.1) is 18.8 Å². The van der Waals surface area contributed by atoms with E-state index in [1.165, 1.54) is 122 Å². The average molecular weight is 570 g/mol. The number of aliphatic hydroxyl groups excluding tert-OH is 3. The first-order valence-corrected chi connectivity index (χ1v) is 17.7. The number of carbonyl (C=O) groups excluding carboxylic acids is 1. The third kappa shape index (κ3) is 26.3. The van der Waals surface area contributed by atoms with E-state index in [2.05, 4.69) is 26.1 Å². The minimum atomic E-state index is -1.07. The lowest BCUT2D eigenvalue weighted by molar-refractivity contribution is -0.131. The highest BCUT2D eigenvalue weighted by Crippen LogP contribution is 2.16. The zero-order chi connectivity index (χ0) is 29.7. The summed E-state index contributed by atoms with van der Waals surface area (Å²) in [6, 6.07) is -0.704. The SMILES string of the molecule is CCCCCCCCCCCCCCCCC(O)C(=O)NC(CO)C(O)CCCCCCCCCCCC(C)C. The lowest BCUT2D eigenvalue weighted by Gasteiger charge is -2.23. The Morgan fingerprint density at radius 2 is 0.900 bits per heavy atom. The summed E-state index contributed by atoms with van der Waals surface area (Å²) in [6.07, 6.45) is 29.4. The molecule has 0 saturated carbocycles. The minimum Gasteiger partial charge on any atom is -0.394 e. The number of hydrogen-bond acceptors (Lipinski definition) is 4. The highest BCUT2D eigenvalue weighted by atomic mass is 16.3. The Morgan fingerprint density at radius 3 is 1.27 bits per heavy atom. The molecule has 4 N–H and O–H groups in total. The molecule has 0 heterocycles. The summed E-state index contributed by atoms with van der Waals surface area (Å²) < 4.78 is 0. The third-order valence-electron chi connectivity index (χ3n) is 8.40. The predicted octanol–water partition coefficient (Wildman–Crippen LogP) is 9.00. The van der Waals surface area contributed by atoms with Crippen molar-refractivity contribution in [3.8, 4) is 0 Å². The van der Waals surface area contributed by atoms with Gasteiger partial charge in [-0.2, -0.15) is 0 Å². The average Bonchev–Trinajstić information content (AvgIpc) is 2.94. The Bertz CT molecular complexity index is 528. The van der Waals surface area contributed by atoms with Crippen molar-refractivity contribution in [3.63, 3.8) is 0 Å². The molecule has 1 amide bonds. The van der Waals surface area contributed by atoms with E-state index in [4.69, 9.17) is 0 Å². The largest absolute Gasteiger partial charge is 0.394 e. The molecule has 5 heteroatoms. The molecule has 0 rings (SSSR count). The molecule has 0 aliphatic carbocycles. The summed E-state index contributed by atoms with van der Waals surface area (Å²) in [5, 5.41) is 33.0. The van der Waals surface area contributed by atoms with Crippen molar-refractivity contribution in [2.75, 3.05) is 6.61 Å². The number of aliphatic hydroxyl groups is 3. The van der Waals surface area contributed by atoms with Gasteiger partial charge >= 0.3 is 0 Å². The zero-order valence-electron chi connectivity index (χ0n) is 27.2. The Hall–Kier alpha value is -0.650. The molecule has 0 aromatic heterocycles. The van der Waals surface area contributed by atoms with Crippen LogP contribution in [-0.4, -0.2) is 46.1 Å². The molecule has 0 radical (unpaired) electrons. The van der Waals surface area contributed by atoms with Gasteiger partial charge in [0.1, 0.15) is 6.10 Å². The van der Waals surface area contributed by atoms with Crippen LogP contribution in [0.25, 0.3) is 0 Å². The first-order chi connectivity index (χ1) is 19.4. The van der Waals surface area contributed by atoms with Crippen LogP contribution in [-0.2, 0) is 4.79 Å². The third-order valence-corrected chi connectivity index (χ3v) is 8.40. The summed E-state index contributed by atoms with van der Waals surface area (Å²) in [5.74, 6) is 0.346. The van der Waals surface area contributed by atoms with Crippen LogP contribution in [0.15, 0.2) is 0 Å². The molecular formula is C35H71NO4. The van der Waals surface area contributed by atoms with E-state index in [1.807, 2.05) is 0 Å². The topological polar surface area (TPSA) is 89.8 Å². The van der Waals surface area contributed by atoms with Gasteiger partial charge in [-0.05, 0) is 18.8 Å². The van der Waals surface area contributed by atoms with Gasteiger partial charge in [0.15, 0.2) is 0 Å². The van der Waals surface area contributed by atoms with Gasteiger partial charge in [-0.1, -0.05) is 175 Å². The fourth-order valence-electron chi connectivity index (χ4n) is 5.55. The number of hydrogen-bond donors (Lipinski definition) is 4. The van der Waals surface area contributed by atoms with Crippen LogP contribution in [0.4, 0.5) is 0 Å². The highest BCUT2D eigenvalue weighted by molar-refractivity contribution is 5.80. The van der Waals surface area contributed by atoms with Crippen molar-refractivity contribution >= 4 is 5.91 Å². The number of rotatable bonds is 31. The predicted molar refractivity (Wildman–Crippen MR) is 172 cm³/mol. The smallest absolute Gasteiger partial charge is 0.249 e. The second kappa shape index (κ2) is 29.8. The fraction of sp³-hybridized carbons (Fsp3) is 0.971. The van der Waals surface area contributed by atoms with Crippen LogP contribution < -0.4 is 5.32 Å². The number of carbonyl (C=O) groups is 1. The lowest BCUT2D eigenvalue weighted by Crippen LogP contribution is -2.49. The van der Waals surface area contributed by atoms with E-state index in [1.54, 1.807) is 0 Å². The second-order valence-corrected chi connectivity index (χ2v) is 12.9. The van der Waals surface area contributed by atoms with Gasteiger partial charge < -0.3 is 20.6 Å². The minimum absolute atomic E-state index is 0.310. The van der Waals surface area contributed by atoms with E-state index in [-0.39, 0.29) is 6.61 Å². The van der Waals surface area contributed by atoms with Gasteiger partial charge in [-0.3, -0.25) is 4.79 Å². The van der Waals surface area contributed by atoms with E-state index in [0.29, 0.717) is 12.8 Å². The molecule has 40 heavy (non-hydrogen) atoms. The maximum atomic E-state index is 12.4. The molecule has 0 aliphatic heterocycles. The van der Waals surface area contributed by atoms with Crippen LogP contribution >= 0.6 is 0 Å². The molecular weight excluding hydrogens is 498 g/mol. The summed E-state index contributed by atoms with van der Waals surface area (Å²) >= 11 is 0. The number of unbranched alkanes of at least 4 members (excludes halogenated alkanes) is 21. The van der Waals surface area contributed by atoms with Crippen LogP contribution in [0.2, 0.25) is 0 Å². The van der Waals surface area contributed by atoms with Crippen molar-refractivity contribution in [2.45, 2.75) is 206 Å². The van der Waals surface area contributed by atoms with Crippen molar-refractivity contribution in [3.05, 3.63) is 0 Å². The molecule has 0 aromatic rings. The van der Waals surface area contributed by atoms with Crippen molar-refractivity contribution in [1.29, 1.82) is 0 Å². The van der Waals surface area contributed by atoms with Gasteiger partial charge in [-0.25, -0.2) is 0 Å². The summed E-state index contributed by atoms with van der Waals surface area (Å²) in [4.78, 5) is 12.4. The van der Waals surface area contributed by atoms with Crippen LogP contribution in [0, 0.1) is 5.92 Å². The summed E-state index contributed by atoms with van der Waals surface area (Å²) in [5.41, 5.74) is 0. The Morgan fingerprint density at radius 1 is 0.550 bits per heavy atom. The number of nitrogens with one attached hydrogen (secondary N) is 1. The normalized spacial score (nSPS) is 14.0. The quantitative estimate of drug-likeness (QED) is 0.0627. The maximum Gasteiger partial charge on any atom is 0.249 e. The van der Waals surface area contributed by atoms with Gasteiger partial charge in [0.2, 0.25) is 5.91 Å². The lowest BCUT2D eigenvalue weighted by atomic mass is 10.0. The van der Waals surface area contributed by atoms with Crippen LogP contribution in [0.5, 0.6) is 0 Å². The Balaban J connectivity index is 3.69. The first kappa shape index (κ1) is 39.4. The first-order valence-electron chi connectivity index (χ1n) is 17.7. The van der Waals surface area contributed by atoms with Crippen LogP contribution in [0.1, 0.15) is 188 Å². The molecule has 0 saturated heterocycles. The van der Waals surface area contributed by atoms with Crippen LogP contribution in [0.3, 0.4) is 0 Å². The van der Waals surface area contributed by atoms with E-state index < -0.39 is 24.2 Å². The molecule has 240 valence electrons. The molecule has 0 fully saturated rings. The Labute approximate surface area is 249 Å². The van der Waals surface area contributed by atoms with E-state index in [0.717, 1.165) is 38.0 Å². The summed E-state index contributed by atoms with van der Waals surface area (Å²) in [7, 11) is 0. The Kier molecular flexibility index (Phi) is 29.3. The summed E-state index contributed by atoms with van der Waals surface area (Å²) in [6.45, 7) is 6.54. The van der Waals surface area contributed by atoms with E-state index >= 15 is 0 Å². The monoisotopic (exact) mass is 570 g/mol. The molecule has 0 aromatic carbocycles. The van der Waals surface area contributed by atoms with Crippen molar-refractivity contribution in [1.82, 2.24) is 5.32 Å². The molecule has 0 aliphatic rings. The number of amides is 1. The molecule has 0 spiro atoms. The maximum absolute atomic E-state index is 12.4. The van der Waals surface area contributed by atoms with Crippen molar-refractivity contribution < 1.29 is 20.1 Å². The fourth-order valence-corrected chi connectivity index (χ4v) is 5.55. The van der Waals surface area contributed by atoms with Gasteiger partial charge in [0.25, 0.3) is 0 Å². The van der Waals surface area contributed by atoms with Gasteiger partial charge in [0, 0.05) is 0 Å². The second-order valence-electron chi connectivity index (χ2n) is 12.9. The molecule has 0 bridgehead atoms. The van der Waals surface area contributed by atoms with Gasteiger partial charge in [-0.15, -0.1) is 0 Å². The zero-order valence-corrected chi connectivity index (χ0v) is 27.2. The molecule has 3 atom stereocenters. The van der Waals surface area contributed by atoms with Crippen molar-refractivity contribution in [2.24, 2.45) is 5.92 Å². The molecule has 3 unspecified atom stereocenters. The highest BCUT2D eigenvalue weighted by Gasteiger charge is 2.23. The standard InChI is InChI=1S/C35H71NO4/c1-4-5-6-7-8-9-10-11-12-13-16-20-23-26-29-34(39)35(40)36-32(30-37)33(38)28-25-22-19-17-14-15-18-21-24-27-31(2)3/h31-34,37-39H,4-30H2,1-3H3,(H,36,40). The van der Waals surface area contributed by atoms with E-state index in [9.17, 15) is 20.1 Å². The molecule has 5 nitrogen and oxygen atoms in total.